The standard InChI is InChI=1S/C12H13ClN2O2S2/c1-9-10-3-2-6-14(10)7-8-15(9)19(16,17)12-5-4-11(13)18-12/h2-6,9H,7-8H2,1H3/t9-/m0/s1. The van der Waals surface area contributed by atoms with E-state index in [1.54, 1.807) is 16.4 Å². The largest absolute Gasteiger partial charge is 0.349 e. The van der Waals surface area contributed by atoms with E-state index in [0.717, 1.165) is 17.0 Å². The summed E-state index contributed by atoms with van der Waals surface area (Å²) in [5, 5.41) is 0. The van der Waals surface area contributed by atoms with Crippen molar-refractivity contribution < 1.29 is 8.42 Å². The summed E-state index contributed by atoms with van der Waals surface area (Å²) in [5.41, 5.74) is 1.03. The molecular weight excluding hydrogens is 304 g/mol. The summed E-state index contributed by atoms with van der Waals surface area (Å²) in [6.07, 6.45) is 1.98. The second-order valence-corrected chi connectivity index (χ2v) is 8.31. The van der Waals surface area contributed by atoms with Crippen molar-refractivity contribution >= 4 is 33.0 Å². The molecule has 1 aliphatic heterocycles. The van der Waals surface area contributed by atoms with Crippen molar-refractivity contribution in [3.63, 3.8) is 0 Å². The maximum Gasteiger partial charge on any atom is 0.253 e. The van der Waals surface area contributed by atoms with Crippen LogP contribution < -0.4 is 0 Å². The van der Waals surface area contributed by atoms with Crippen LogP contribution in [0.5, 0.6) is 0 Å². The van der Waals surface area contributed by atoms with Crippen LogP contribution >= 0.6 is 22.9 Å². The predicted octanol–water partition coefficient (Wildman–Crippen LogP) is 2.97. The number of hydrogen-bond acceptors (Lipinski definition) is 3. The molecule has 0 N–H and O–H groups in total. The minimum absolute atomic E-state index is 0.158. The van der Waals surface area contributed by atoms with Crippen LogP contribution in [0, 0.1) is 0 Å². The third kappa shape index (κ3) is 2.12. The average Bonchev–Trinajstić information content (AvgIpc) is 2.97. The lowest BCUT2D eigenvalue weighted by Gasteiger charge is -2.33. The number of halogens is 1. The van der Waals surface area contributed by atoms with Gasteiger partial charge in [0.15, 0.2) is 0 Å². The maximum atomic E-state index is 12.6. The first kappa shape index (κ1) is 13.2. The van der Waals surface area contributed by atoms with Crippen LogP contribution in [0.1, 0.15) is 18.7 Å². The van der Waals surface area contributed by atoms with Crippen LogP contribution in [-0.4, -0.2) is 23.8 Å². The number of sulfonamides is 1. The number of thiophene rings is 1. The Labute approximate surface area is 121 Å². The van der Waals surface area contributed by atoms with E-state index < -0.39 is 10.0 Å². The number of rotatable bonds is 2. The normalized spacial score (nSPS) is 20.4. The Morgan fingerprint density at radius 1 is 1.32 bits per heavy atom. The zero-order valence-electron chi connectivity index (χ0n) is 10.3. The average molecular weight is 317 g/mol. The molecule has 0 saturated heterocycles. The van der Waals surface area contributed by atoms with Crippen molar-refractivity contribution in [2.45, 2.75) is 23.7 Å². The second-order valence-electron chi connectivity index (χ2n) is 4.48. The molecular formula is C12H13ClN2O2S2. The van der Waals surface area contributed by atoms with Crippen LogP contribution in [0.15, 0.2) is 34.7 Å². The summed E-state index contributed by atoms with van der Waals surface area (Å²) >= 11 is 6.94. The SMILES string of the molecule is C[C@H]1c2cccn2CCN1S(=O)(=O)c1ccc(Cl)s1. The van der Waals surface area contributed by atoms with E-state index in [0.29, 0.717) is 21.6 Å². The molecule has 7 heteroatoms. The molecule has 0 unspecified atom stereocenters. The fourth-order valence-corrected chi connectivity index (χ4v) is 5.65. The topological polar surface area (TPSA) is 42.3 Å². The smallest absolute Gasteiger partial charge is 0.253 e. The maximum absolute atomic E-state index is 12.6. The van der Waals surface area contributed by atoms with E-state index in [4.69, 9.17) is 11.6 Å². The van der Waals surface area contributed by atoms with Gasteiger partial charge in [-0.3, -0.25) is 0 Å². The second kappa shape index (κ2) is 4.63. The van der Waals surface area contributed by atoms with Crippen LogP contribution in [0.25, 0.3) is 0 Å². The first-order chi connectivity index (χ1) is 9.00. The van der Waals surface area contributed by atoms with E-state index >= 15 is 0 Å². The van der Waals surface area contributed by atoms with Gasteiger partial charge < -0.3 is 4.57 Å². The lowest BCUT2D eigenvalue weighted by Crippen LogP contribution is -2.40. The minimum atomic E-state index is -3.46. The summed E-state index contributed by atoms with van der Waals surface area (Å²) in [6, 6.07) is 6.95. The summed E-state index contributed by atoms with van der Waals surface area (Å²) in [6.45, 7) is 3.09. The Morgan fingerprint density at radius 2 is 2.11 bits per heavy atom. The molecule has 0 saturated carbocycles. The molecule has 0 aromatic carbocycles. The van der Waals surface area contributed by atoms with Gasteiger partial charge in [0.2, 0.25) is 0 Å². The Morgan fingerprint density at radius 3 is 2.79 bits per heavy atom. The van der Waals surface area contributed by atoms with Gasteiger partial charge >= 0.3 is 0 Å². The summed E-state index contributed by atoms with van der Waals surface area (Å²) in [7, 11) is -3.46. The molecule has 4 nitrogen and oxygen atoms in total. The van der Waals surface area contributed by atoms with E-state index in [9.17, 15) is 8.42 Å². The highest BCUT2D eigenvalue weighted by molar-refractivity contribution is 7.91. The zero-order chi connectivity index (χ0) is 13.6. The minimum Gasteiger partial charge on any atom is -0.349 e. The van der Waals surface area contributed by atoms with Crippen molar-refractivity contribution in [3.8, 4) is 0 Å². The van der Waals surface area contributed by atoms with Gasteiger partial charge in [0.1, 0.15) is 4.21 Å². The monoisotopic (exact) mass is 316 g/mol. The first-order valence-electron chi connectivity index (χ1n) is 5.92. The Bertz CT molecular complexity index is 705. The van der Waals surface area contributed by atoms with E-state index in [2.05, 4.69) is 4.57 Å². The molecule has 3 rings (SSSR count). The molecule has 0 spiro atoms. The highest BCUT2D eigenvalue weighted by Gasteiger charge is 2.34. The summed E-state index contributed by atoms with van der Waals surface area (Å²) in [4.78, 5) is 0. The summed E-state index contributed by atoms with van der Waals surface area (Å²) in [5.74, 6) is 0. The van der Waals surface area contributed by atoms with Gasteiger partial charge in [0.05, 0.1) is 10.4 Å². The van der Waals surface area contributed by atoms with Gasteiger partial charge in [0.25, 0.3) is 10.0 Å². The van der Waals surface area contributed by atoms with Gasteiger partial charge in [0, 0.05) is 25.0 Å². The van der Waals surface area contributed by atoms with Crippen molar-refractivity contribution in [2.24, 2.45) is 0 Å². The molecule has 0 fully saturated rings. The number of fused-ring (bicyclic) bond motifs is 1. The fourth-order valence-electron chi connectivity index (χ4n) is 2.44. The first-order valence-corrected chi connectivity index (χ1v) is 8.56. The molecule has 1 atom stereocenters. The van der Waals surface area contributed by atoms with Crippen LogP contribution in [0.4, 0.5) is 0 Å². The molecule has 0 amide bonds. The summed E-state index contributed by atoms with van der Waals surface area (Å²) < 4.78 is 29.7. The van der Waals surface area contributed by atoms with Gasteiger partial charge in [-0.25, -0.2) is 8.42 Å². The molecule has 19 heavy (non-hydrogen) atoms. The van der Waals surface area contributed by atoms with Crippen LogP contribution in [-0.2, 0) is 16.6 Å². The zero-order valence-corrected chi connectivity index (χ0v) is 12.7. The Balaban J connectivity index is 2.00. The number of nitrogens with zero attached hydrogens (tertiary/aromatic N) is 2. The van der Waals surface area contributed by atoms with Crippen LogP contribution in [0.2, 0.25) is 4.34 Å². The molecule has 0 bridgehead atoms. The quantitative estimate of drug-likeness (QED) is 0.855. The predicted molar refractivity (Wildman–Crippen MR) is 76.1 cm³/mol. The molecule has 2 aromatic heterocycles. The highest BCUT2D eigenvalue weighted by atomic mass is 35.5. The highest BCUT2D eigenvalue weighted by Crippen LogP contribution is 2.34. The third-order valence-electron chi connectivity index (χ3n) is 3.40. The van der Waals surface area contributed by atoms with Crippen molar-refractivity contribution in [3.05, 3.63) is 40.5 Å². The van der Waals surface area contributed by atoms with Crippen LogP contribution in [0.3, 0.4) is 0 Å². The molecule has 3 heterocycles. The van der Waals surface area contributed by atoms with Crippen molar-refractivity contribution in [1.29, 1.82) is 0 Å². The van der Waals surface area contributed by atoms with E-state index in [1.165, 1.54) is 0 Å². The lowest BCUT2D eigenvalue weighted by molar-refractivity contribution is 0.283. The van der Waals surface area contributed by atoms with Crippen molar-refractivity contribution in [2.75, 3.05) is 6.54 Å². The number of hydrogen-bond donors (Lipinski definition) is 0. The molecule has 0 aliphatic carbocycles. The molecule has 1 aliphatic rings. The van der Waals surface area contributed by atoms with Crippen molar-refractivity contribution in [1.82, 2.24) is 8.87 Å². The Kier molecular flexibility index (Phi) is 3.21. The van der Waals surface area contributed by atoms with Gasteiger partial charge in [-0.05, 0) is 31.2 Å². The van der Waals surface area contributed by atoms with Gasteiger partial charge in [-0.2, -0.15) is 4.31 Å². The van der Waals surface area contributed by atoms with E-state index in [-0.39, 0.29) is 6.04 Å². The fraction of sp³-hybridized carbons (Fsp3) is 0.333. The third-order valence-corrected chi connectivity index (χ3v) is 7.07. The van der Waals surface area contributed by atoms with Gasteiger partial charge in [-0.1, -0.05) is 11.6 Å². The van der Waals surface area contributed by atoms with Gasteiger partial charge in [-0.15, -0.1) is 11.3 Å². The molecule has 102 valence electrons. The molecule has 2 aromatic rings. The van der Waals surface area contributed by atoms with E-state index in [1.807, 2.05) is 25.3 Å². The Hall–Kier alpha value is -0.820. The lowest BCUT2D eigenvalue weighted by atomic mass is 10.2. The number of aromatic nitrogens is 1. The molecule has 0 radical (unpaired) electrons.